The number of hydrogen-bond acceptors (Lipinski definition) is 3. The summed E-state index contributed by atoms with van der Waals surface area (Å²) in [5, 5.41) is 1.33. The van der Waals surface area contributed by atoms with E-state index in [0.717, 1.165) is 12.8 Å². The summed E-state index contributed by atoms with van der Waals surface area (Å²) in [6, 6.07) is -0.471. The van der Waals surface area contributed by atoms with E-state index in [1.807, 2.05) is 0 Å². The molecule has 12 heavy (non-hydrogen) atoms. The predicted molar refractivity (Wildman–Crippen MR) is 45.6 cm³/mol. The monoisotopic (exact) mass is 192 g/mol. The van der Waals surface area contributed by atoms with Gasteiger partial charge < -0.3 is 5.73 Å². The van der Waals surface area contributed by atoms with Gasteiger partial charge in [0.05, 0.1) is 6.61 Å². The standard InChI is InChI=1S/C7H13ClN2O2/c8-3-1-2-4-10-7(11)6(9)5-12-10/h6H,1-5,9H2. The number of carbonyl (C=O) groups excluding carboxylic acids is 1. The van der Waals surface area contributed by atoms with E-state index in [2.05, 4.69) is 0 Å². The van der Waals surface area contributed by atoms with E-state index >= 15 is 0 Å². The van der Waals surface area contributed by atoms with Crippen molar-refractivity contribution in [3.05, 3.63) is 0 Å². The van der Waals surface area contributed by atoms with Gasteiger partial charge in [-0.1, -0.05) is 0 Å². The lowest BCUT2D eigenvalue weighted by Crippen LogP contribution is -2.34. The second-order valence-corrected chi connectivity index (χ2v) is 3.12. The third-order valence-corrected chi connectivity index (χ3v) is 1.99. The van der Waals surface area contributed by atoms with E-state index in [-0.39, 0.29) is 5.91 Å². The minimum atomic E-state index is -0.471. The van der Waals surface area contributed by atoms with Crippen LogP contribution in [0, 0.1) is 0 Å². The molecule has 1 atom stereocenters. The van der Waals surface area contributed by atoms with Crippen LogP contribution in [0.2, 0.25) is 0 Å². The van der Waals surface area contributed by atoms with Gasteiger partial charge >= 0.3 is 0 Å². The second kappa shape index (κ2) is 4.64. The lowest BCUT2D eigenvalue weighted by molar-refractivity contribution is -0.161. The molecule has 1 amide bonds. The van der Waals surface area contributed by atoms with Crippen molar-refractivity contribution in [3.8, 4) is 0 Å². The fourth-order valence-corrected chi connectivity index (χ4v) is 1.20. The number of nitrogens with zero attached hydrogens (tertiary/aromatic N) is 1. The average molecular weight is 193 g/mol. The van der Waals surface area contributed by atoms with Gasteiger partial charge in [0, 0.05) is 12.4 Å². The Morgan fingerprint density at radius 2 is 2.42 bits per heavy atom. The Morgan fingerprint density at radius 1 is 1.67 bits per heavy atom. The normalized spacial score (nSPS) is 23.7. The maximum atomic E-state index is 11.1. The highest BCUT2D eigenvalue weighted by Gasteiger charge is 2.29. The highest BCUT2D eigenvalue weighted by Crippen LogP contribution is 2.07. The lowest BCUT2D eigenvalue weighted by Gasteiger charge is -2.12. The Labute approximate surface area is 76.6 Å². The van der Waals surface area contributed by atoms with E-state index in [1.54, 1.807) is 0 Å². The number of alkyl halides is 1. The molecule has 0 bridgehead atoms. The van der Waals surface area contributed by atoms with Crippen LogP contribution in [0.5, 0.6) is 0 Å². The molecule has 1 aliphatic heterocycles. The van der Waals surface area contributed by atoms with Crippen molar-refractivity contribution in [1.29, 1.82) is 0 Å². The van der Waals surface area contributed by atoms with Gasteiger partial charge in [-0.15, -0.1) is 11.6 Å². The summed E-state index contributed by atoms with van der Waals surface area (Å²) in [7, 11) is 0. The minimum Gasteiger partial charge on any atom is -0.318 e. The molecule has 0 radical (unpaired) electrons. The summed E-state index contributed by atoms with van der Waals surface area (Å²) in [5.41, 5.74) is 5.43. The number of amides is 1. The van der Waals surface area contributed by atoms with Crippen LogP contribution in [-0.2, 0) is 9.63 Å². The molecule has 0 aromatic heterocycles. The van der Waals surface area contributed by atoms with Crippen molar-refractivity contribution in [1.82, 2.24) is 5.06 Å². The molecule has 1 fully saturated rings. The number of rotatable bonds is 4. The van der Waals surface area contributed by atoms with Crippen LogP contribution in [0.15, 0.2) is 0 Å². The van der Waals surface area contributed by atoms with Gasteiger partial charge in [0.2, 0.25) is 0 Å². The number of carbonyl (C=O) groups is 1. The molecule has 70 valence electrons. The van der Waals surface area contributed by atoms with Crippen LogP contribution in [0.3, 0.4) is 0 Å². The van der Waals surface area contributed by atoms with Crippen LogP contribution in [0.25, 0.3) is 0 Å². The van der Waals surface area contributed by atoms with Gasteiger partial charge in [0.1, 0.15) is 6.04 Å². The van der Waals surface area contributed by atoms with E-state index in [4.69, 9.17) is 22.2 Å². The number of nitrogens with two attached hydrogens (primary N) is 1. The van der Waals surface area contributed by atoms with Gasteiger partial charge in [-0.25, -0.2) is 5.06 Å². The highest BCUT2D eigenvalue weighted by molar-refractivity contribution is 6.17. The number of halogens is 1. The zero-order valence-corrected chi connectivity index (χ0v) is 7.59. The molecule has 1 heterocycles. The van der Waals surface area contributed by atoms with Crippen LogP contribution < -0.4 is 5.73 Å². The molecule has 2 N–H and O–H groups in total. The number of hydrogen-bond donors (Lipinski definition) is 1. The van der Waals surface area contributed by atoms with Gasteiger partial charge in [-0.3, -0.25) is 9.63 Å². The topological polar surface area (TPSA) is 55.6 Å². The summed E-state index contributed by atoms with van der Waals surface area (Å²) in [6.07, 6.45) is 1.76. The Balaban J connectivity index is 2.20. The van der Waals surface area contributed by atoms with Crippen LogP contribution in [0.4, 0.5) is 0 Å². The molecule has 0 aromatic rings. The van der Waals surface area contributed by atoms with Crippen molar-refractivity contribution < 1.29 is 9.63 Å². The fourth-order valence-electron chi connectivity index (χ4n) is 1.01. The molecule has 1 aliphatic rings. The van der Waals surface area contributed by atoms with Crippen molar-refractivity contribution >= 4 is 17.5 Å². The van der Waals surface area contributed by atoms with Crippen molar-refractivity contribution in [2.24, 2.45) is 5.73 Å². The third kappa shape index (κ3) is 2.33. The molecular weight excluding hydrogens is 180 g/mol. The minimum absolute atomic E-state index is 0.121. The Kier molecular flexibility index (Phi) is 3.78. The van der Waals surface area contributed by atoms with E-state index < -0.39 is 6.04 Å². The number of hydroxylamine groups is 2. The highest BCUT2D eigenvalue weighted by atomic mass is 35.5. The summed E-state index contributed by atoms with van der Waals surface area (Å²) < 4.78 is 0. The SMILES string of the molecule is NC1CON(CCCCCl)C1=O. The molecule has 1 saturated heterocycles. The van der Waals surface area contributed by atoms with Crippen molar-refractivity contribution in [2.45, 2.75) is 18.9 Å². The van der Waals surface area contributed by atoms with Gasteiger partial charge in [-0.05, 0) is 12.8 Å². The fraction of sp³-hybridized carbons (Fsp3) is 0.857. The smallest absolute Gasteiger partial charge is 0.265 e. The maximum Gasteiger partial charge on any atom is 0.265 e. The molecule has 0 spiro atoms. The zero-order valence-electron chi connectivity index (χ0n) is 6.83. The second-order valence-electron chi connectivity index (χ2n) is 2.74. The van der Waals surface area contributed by atoms with Crippen molar-refractivity contribution in [2.75, 3.05) is 19.0 Å². The first-order chi connectivity index (χ1) is 5.75. The summed E-state index contributed by atoms with van der Waals surface area (Å²) in [6.45, 7) is 0.902. The molecule has 1 rings (SSSR count). The summed E-state index contributed by atoms with van der Waals surface area (Å²) in [4.78, 5) is 16.2. The quantitative estimate of drug-likeness (QED) is 0.508. The number of unbranched alkanes of at least 4 members (excludes halogenated alkanes) is 1. The van der Waals surface area contributed by atoms with Gasteiger partial charge in [0.25, 0.3) is 5.91 Å². The molecule has 5 heteroatoms. The Hall–Kier alpha value is -0.320. The van der Waals surface area contributed by atoms with E-state index in [1.165, 1.54) is 5.06 Å². The molecule has 1 unspecified atom stereocenters. The van der Waals surface area contributed by atoms with Gasteiger partial charge in [-0.2, -0.15) is 0 Å². The summed E-state index contributed by atoms with van der Waals surface area (Å²) >= 11 is 5.48. The molecule has 0 aliphatic carbocycles. The average Bonchev–Trinajstić information content (AvgIpc) is 2.36. The first-order valence-corrected chi connectivity index (χ1v) is 4.55. The predicted octanol–water partition coefficient (Wildman–Crippen LogP) is 0.106. The third-order valence-electron chi connectivity index (χ3n) is 1.72. The molecular formula is C7H13ClN2O2. The van der Waals surface area contributed by atoms with E-state index in [0.29, 0.717) is 19.0 Å². The zero-order chi connectivity index (χ0) is 8.97. The summed E-state index contributed by atoms with van der Waals surface area (Å²) in [5.74, 6) is 0.498. The van der Waals surface area contributed by atoms with Crippen LogP contribution in [0.1, 0.15) is 12.8 Å². The first kappa shape index (κ1) is 9.77. The lowest BCUT2D eigenvalue weighted by atomic mass is 10.3. The molecule has 0 saturated carbocycles. The van der Waals surface area contributed by atoms with E-state index in [9.17, 15) is 4.79 Å². The maximum absolute atomic E-state index is 11.1. The van der Waals surface area contributed by atoms with Gasteiger partial charge in [0.15, 0.2) is 0 Å². The molecule has 0 aromatic carbocycles. The Morgan fingerprint density at radius 3 is 2.92 bits per heavy atom. The molecule has 4 nitrogen and oxygen atoms in total. The Bertz CT molecular complexity index is 165. The van der Waals surface area contributed by atoms with Crippen LogP contribution >= 0.6 is 11.6 Å². The van der Waals surface area contributed by atoms with Crippen molar-refractivity contribution in [3.63, 3.8) is 0 Å². The van der Waals surface area contributed by atoms with Crippen LogP contribution in [-0.4, -0.2) is 36.0 Å². The largest absolute Gasteiger partial charge is 0.318 e. The first-order valence-electron chi connectivity index (χ1n) is 4.01.